The maximum absolute atomic E-state index is 10.6. The Morgan fingerprint density at radius 1 is 1.57 bits per heavy atom. The third-order valence-corrected chi connectivity index (χ3v) is 2.02. The van der Waals surface area contributed by atoms with Gasteiger partial charge >= 0.3 is 0 Å². The van der Waals surface area contributed by atoms with Gasteiger partial charge in [0.1, 0.15) is 19.7 Å². The fraction of sp³-hybridized carbons (Fsp3) is 0.222. The highest BCUT2D eigenvalue weighted by molar-refractivity contribution is 6.34. The molecular formula is C9H12BNO3. The molecular weight excluding hydrogens is 181 g/mol. The zero-order valence-electron chi connectivity index (χ0n) is 7.90. The number of phenols is 1. The van der Waals surface area contributed by atoms with Gasteiger partial charge in [-0.15, -0.1) is 0 Å². The maximum atomic E-state index is 10.6. The number of hydrogen-bond donors (Lipinski definition) is 3. The average molecular weight is 193 g/mol. The van der Waals surface area contributed by atoms with Crippen LogP contribution in [0.15, 0.2) is 18.2 Å². The fourth-order valence-electron chi connectivity index (χ4n) is 1.17. The number of phenolic OH excluding ortho intramolecular Hbond substituents is 1. The standard InChI is InChI=1S/C9H12BNO3/c10-6-3-5(1-2-7(6)12)4-8(13)9(11)14/h1-3,8,12-13H,4,10H2,(H2,11,14)/t8-/m1/s1. The van der Waals surface area contributed by atoms with Crippen LogP contribution in [0.2, 0.25) is 0 Å². The monoisotopic (exact) mass is 193 g/mol. The number of aromatic hydroxyl groups is 1. The molecule has 4 N–H and O–H groups in total. The van der Waals surface area contributed by atoms with Gasteiger partial charge in [0.05, 0.1) is 0 Å². The van der Waals surface area contributed by atoms with Gasteiger partial charge in [0.15, 0.2) is 0 Å². The predicted octanol–water partition coefficient (Wildman–Crippen LogP) is -1.96. The Kier molecular flexibility index (Phi) is 3.14. The molecule has 0 radical (unpaired) electrons. The highest BCUT2D eigenvalue weighted by atomic mass is 16.3. The van der Waals surface area contributed by atoms with Crippen molar-refractivity contribution in [2.75, 3.05) is 0 Å². The lowest BCUT2D eigenvalue weighted by Gasteiger charge is -2.07. The summed E-state index contributed by atoms with van der Waals surface area (Å²) in [5.41, 5.74) is 6.39. The van der Waals surface area contributed by atoms with Crippen molar-refractivity contribution in [2.24, 2.45) is 5.73 Å². The molecule has 1 atom stereocenters. The second-order valence-electron chi connectivity index (χ2n) is 3.24. The first kappa shape index (κ1) is 10.6. The number of carbonyl (C=O) groups excluding carboxylic acids is 1. The minimum Gasteiger partial charge on any atom is -0.509 e. The van der Waals surface area contributed by atoms with E-state index in [4.69, 9.17) is 5.73 Å². The summed E-state index contributed by atoms with van der Waals surface area (Å²) in [5, 5.41) is 18.4. The number of benzene rings is 1. The molecule has 0 aliphatic heterocycles. The summed E-state index contributed by atoms with van der Waals surface area (Å²) in [4.78, 5) is 10.6. The molecule has 5 heteroatoms. The van der Waals surface area contributed by atoms with E-state index in [9.17, 15) is 15.0 Å². The third kappa shape index (κ3) is 2.50. The lowest BCUT2D eigenvalue weighted by atomic mass is 9.92. The Morgan fingerprint density at radius 2 is 2.21 bits per heavy atom. The van der Waals surface area contributed by atoms with E-state index < -0.39 is 12.0 Å². The number of carbonyl (C=O) groups is 1. The minimum atomic E-state index is -1.17. The number of hydrogen-bond acceptors (Lipinski definition) is 3. The number of nitrogens with two attached hydrogens (primary N) is 1. The summed E-state index contributed by atoms with van der Waals surface area (Å²) in [7, 11) is 1.75. The number of aliphatic hydroxyl groups is 1. The number of rotatable bonds is 3. The number of amides is 1. The molecule has 1 aromatic carbocycles. The van der Waals surface area contributed by atoms with Crippen molar-refractivity contribution in [1.29, 1.82) is 0 Å². The summed E-state index contributed by atoms with van der Waals surface area (Å²) in [6.07, 6.45) is -0.991. The Balaban J connectivity index is 2.78. The van der Waals surface area contributed by atoms with Crippen molar-refractivity contribution in [3.8, 4) is 5.75 Å². The zero-order chi connectivity index (χ0) is 10.7. The lowest BCUT2D eigenvalue weighted by molar-refractivity contribution is -0.125. The summed E-state index contributed by atoms with van der Waals surface area (Å²) < 4.78 is 0. The topological polar surface area (TPSA) is 83.5 Å². The van der Waals surface area contributed by atoms with Crippen LogP contribution >= 0.6 is 0 Å². The molecule has 1 rings (SSSR count). The molecule has 0 heterocycles. The quantitative estimate of drug-likeness (QED) is 0.487. The molecule has 74 valence electrons. The van der Waals surface area contributed by atoms with Crippen LogP contribution in [-0.4, -0.2) is 30.1 Å². The normalized spacial score (nSPS) is 12.4. The molecule has 0 unspecified atom stereocenters. The van der Waals surface area contributed by atoms with Gasteiger partial charge in [-0.25, -0.2) is 0 Å². The van der Waals surface area contributed by atoms with Gasteiger partial charge in [-0.2, -0.15) is 0 Å². The fourth-order valence-corrected chi connectivity index (χ4v) is 1.17. The van der Waals surface area contributed by atoms with Gasteiger partial charge in [-0.1, -0.05) is 12.1 Å². The Morgan fingerprint density at radius 3 is 2.71 bits per heavy atom. The molecule has 1 aromatic rings. The zero-order valence-corrected chi connectivity index (χ0v) is 7.90. The average Bonchev–Trinajstić information content (AvgIpc) is 2.11. The molecule has 4 nitrogen and oxygen atoms in total. The van der Waals surface area contributed by atoms with Crippen LogP contribution in [-0.2, 0) is 11.2 Å². The molecule has 0 aromatic heterocycles. The minimum absolute atomic E-state index is 0.177. The van der Waals surface area contributed by atoms with E-state index in [-0.39, 0.29) is 12.2 Å². The molecule has 14 heavy (non-hydrogen) atoms. The highest BCUT2D eigenvalue weighted by Gasteiger charge is 2.11. The van der Waals surface area contributed by atoms with E-state index in [2.05, 4.69) is 0 Å². The number of aliphatic hydroxyl groups excluding tert-OH is 1. The first-order valence-electron chi connectivity index (χ1n) is 4.26. The maximum Gasteiger partial charge on any atom is 0.246 e. The van der Waals surface area contributed by atoms with Gasteiger partial charge in [0.2, 0.25) is 5.91 Å². The highest BCUT2D eigenvalue weighted by Crippen LogP contribution is 2.08. The largest absolute Gasteiger partial charge is 0.509 e. The van der Waals surface area contributed by atoms with Gasteiger partial charge in [-0.05, 0) is 17.1 Å². The summed E-state index contributed by atoms with van der Waals surface area (Å²) in [6.45, 7) is 0. The van der Waals surface area contributed by atoms with Crippen molar-refractivity contribution in [3.63, 3.8) is 0 Å². The second-order valence-corrected chi connectivity index (χ2v) is 3.24. The molecule has 0 fully saturated rings. The van der Waals surface area contributed by atoms with Crippen molar-refractivity contribution in [1.82, 2.24) is 0 Å². The van der Waals surface area contributed by atoms with Crippen LogP contribution in [0, 0.1) is 0 Å². The number of primary amides is 1. The summed E-state index contributed by atoms with van der Waals surface area (Å²) in [5.74, 6) is -0.543. The van der Waals surface area contributed by atoms with Crippen molar-refractivity contribution < 1.29 is 15.0 Å². The molecule has 0 spiro atoms. The molecule has 1 amide bonds. The molecule has 0 aliphatic rings. The third-order valence-electron chi connectivity index (χ3n) is 2.02. The lowest BCUT2D eigenvalue weighted by Crippen LogP contribution is -2.30. The van der Waals surface area contributed by atoms with Gasteiger partial charge in [-0.3, -0.25) is 4.79 Å². The van der Waals surface area contributed by atoms with Gasteiger partial charge in [0.25, 0.3) is 0 Å². The second kappa shape index (κ2) is 4.15. The van der Waals surface area contributed by atoms with Crippen LogP contribution in [0.5, 0.6) is 5.75 Å². The summed E-state index contributed by atoms with van der Waals surface area (Å²) >= 11 is 0. The smallest absolute Gasteiger partial charge is 0.246 e. The van der Waals surface area contributed by atoms with E-state index >= 15 is 0 Å². The molecule has 0 aliphatic carbocycles. The first-order chi connectivity index (χ1) is 6.50. The molecule has 0 saturated carbocycles. The van der Waals surface area contributed by atoms with E-state index in [0.717, 1.165) is 5.56 Å². The van der Waals surface area contributed by atoms with Gasteiger partial charge in [0, 0.05) is 6.42 Å². The SMILES string of the molecule is Bc1cc(C[C@@H](O)C(N)=O)ccc1O. The van der Waals surface area contributed by atoms with E-state index in [1.54, 1.807) is 20.0 Å². The van der Waals surface area contributed by atoms with Gasteiger partial charge < -0.3 is 15.9 Å². The first-order valence-corrected chi connectivity index (χ1v) is 4.26. The van der Waals surface area contributed by atoms with Crippen molar-refractivity contribution in [2.45, 2.75) is 12.5 Å². The van der Waals surface area contributed by atoms with E-state index in [1.165, 1.54) is 6.07 Å². The summed E-state index contributed by atoms with van der Waals surface area (Å²) in [6, 6.07) is 4.88. The van der Waals surface area contributed by atoms with Crippen LogP contribution < -0.4 is 11.2 Å². The molecule has 0 bridgehead atoms. The van der Waals surface area contributed by atoms with E-state index in [0.29, 0.717) is 5.46 Å². The van der Waals surface area contributed by atoms with Crippen molar-refractivity contribution >= 4 is 19.2 Å². The predicted molar refractivity (Wildman–Crippen MR) is 55.2 cm³/mol. The van der Waals surface area contributed by atoms with Crippen molar-refractivity contribution in [3.05, 3.63) is 23.8 Å². The van der Waals surface area contributed by atoms with Crippen LogP contribution in [0.3, 0.4) is 0 Å². The van der Waals surface area contributed by atoms with Crippen LogP contribution in [0.1, 0.15) is 5.56 Å². The molecule has 0 saturated heterocycles. The Hall–Kier alpha value is -1.49. The van der Waals surface area contributed by atoms with E-state index in [1.807, 2.05) is 0 Å². The van der Waals surface area contributed by atoms with Crippen LogP contribution in [0.25, 0.3) is 0 Å². The Labute approximate surface area is 82.8 Å². The Bertz CT molecular complexity index is 354. The van der Waals surface area contributed by atoms with Crippen LogP contribution in [0.4, 0.5) is 0 Å².